The summed E-state index contributed by atoms with van der Waals surface area (Å²) in [6, 6.07) is 12.9. The first-order valence-electron chi connectivity index (χ1n) is 7.71. The van der Waals surface area contributed by atoms with Crippen molar-refractivity contribution >= 4 is 40.0 Å². The fraction of sp³-hybridized carbons (Fsp3) is 0.158. The van der Waals surface area contributed by atoms with E-state index in [0.717, 1.165) is 12.1 Å². The number of rotatable bonds is 3. The molecule has 0 saturated heterocycles. The number of nitrogens with zero attached hydrogens (tertiary/aromatic N) is 1. The van der Waals surface area contributed by atoms with Crippen LogP contribution < -0.4 is 5.32 Å². The topological polar surface area (TPSA) is 51.1 Å². The van der Waals surface area contributed by atoms with Crippen LogP contribution in [0.2, 0.25) is 5.02 Å². The molecule has 1 amide bonds. The van der Waals surface area contributed by atoms with Gasteiger partial charge in [-0.3, -0.25) is 14.2 Å². The lowest BCUT2D eigenvalue weighted by Crippen LogP contribution is -2.12. The van der Waals surface area contributed by atoms with Crippen molar-refractivity contribution in [3.05, 3.63) is 64.8 Å². The highest BCUT2D eigenvalue weighted by Gasteiger charge is 2.17. The predicted octanol–water partition coefficient (Wildman–Crippen LogP) is 4.77. The Morgan fingerprint density at radius 2 is 1.83 bits per heavy atom. The molecule has 0 aliphatic carbocycles. The normalized spacial score (nSPS) is 10.8. The molecule has 3 aromatic rings. The molecule has 0 spiro atoms. The first-order chi connectivity index (χ1) is 11.5. The summed E-state index contributed by atoms with van der Waals surface area (Å²) in [4.78, 5) is 24.5. The Bertz CT molecular complexity index is 926. The zero-order chi connectivity index (χ0) is 17.3. The van der Waals surface area contributed by atoms with Gasteiger partial charge in [-0.15, -0.1) is 0 Å². The molecule has 1 heterocycles. The molecule has 0 unspecified atom stereocenters. The zero-order valence-electron chi connectivity index (χ0n) is 13.5. The summed E-state index contributed by atoms with van der Waals surface area (Å²) >= 11 is 6.02. The van der Waals surface area contributed by atoms with Crippen LogP contribution in [0.1, 0.15) is 34.6 Å². The number of carbonyl (C=O) groups excluding carboxylic acids is 2. The largest absolute Gasteiger partial charge is 0.322 e. The van der Waals surface area contributed by atoms with E-state index in [1.165, 1.54) is 17.1 Å². The molecule has 0 radical (unpaired) electrons. The van der Waals surface area contributed by atoms with Crippen molar-refractivity contribution in [2.45, 2.75) is 20.3 Å². The minimum atomic E-state index is -0.258. The monoisotopic (exact) mass is 340 g/mol. The van der Waals surface area contributed by atoms with Gasteiger partial charge in [0.15, 0.2) is 0 Å². The maximum atomic E-state index is 12.6. The second-order valence-electron chi connectivity index (χ2n) is 5.60. The molecule has 2 aromatic carbocycles. The van der Waals surface area contributed by atoms with Crippen LogP contribution in [0.3, 0.4) is 0 Å². The van der Waals surface area contributed by atoms with Gasteiger partial charge in [-0.2, -0.15) is 0 Å². The number of halogens is 1. The van der Waals surface area contributed by atoms with Crippen LogP contribution in [0, 0.1) is 0 Å². The summed E-state index contributed by atoms with van der Waals surface area (Å²) in [7, 11) is 0. The van der Waals surface area contributed by atoms with Gasteiger partial charge in [-0.25, -0.2) is 0 Å². The molecule has 1 N–H and O–H groups in total. The van der Waals surface area contributed by atoms with Gasteiger partial charge >= 0.3 is 0 Å². The van der Waals surface area contributed by atoms with Crippen LogP contribution in [0.5, 0.6) is 0 Å². The van der Waals surface area contributed by atoms with Crippen molar-refractivity contribution in [2.24, 2.45) is 0 Å². The van der Waals surface area contributed by atoms with Gasteiger partial charge in [-0.05, 0) is 36.2 Å². The summed E-state index contributed by atoms with van der Waals surface area (Å²) in [6.07, 6.45) is 2.50. The highest BCUT2D eigenvalue weighted by Crippen LogP contribution is 2.26. The number of hydrogen-bond donors (Lipinski definition) is 1. The van der Waals surface area contributed by atoms with E-state index >= 15 is 0 Å². The van der Waals surface area contributed by atoms with Crippen molar-refractivity contribution in [3.63, 3.8) is 0 Å². The lowest BCUT2D eigenvalue weighted by atomic mass is 10.1. The minimum absolute atomic E-state index is 0.173. The fourth-order valence-corrected chi connectivity index (χ4v) is 2.83. The molecule has 0 aliphatic rings. The standard InChI is InChI=1S/C19H17ClN2O2/c1-3-13-4-7-15(8-5-13)21-19(24)17-11-22(12(2)23)18-10-14(20)6-9-16(17)18/h4-11H,3H2,1-2H3,(H,21,24). The van der Waals surface area contributed by atoms with E-state index in [1.54, 1.807) is 24.4 Å². The SMILES string of the molecule is CCc1ccc(NC(=O)c2cn(C(C)=O)c3cc(Cl)ccc23)cc1. The molecule has 3 rings (SSSR count). The van der Waals surface area contributed by atoms with Crippen LogP contribution in [0.15, 0.2) is 48.7 Å². The molecule has 0 fully saturated rings. The molecule has 5 heteroatoms. The number of aromatic nitrogens is 1. The van der Waals surface area contributed by atoms with Crippen molar-refractivity contribution in [2.75, 3.05) is 5.32 Å². The molecule has 0 aliphatic heterocycles. The number of hydrogen-bond acceptors (Lipinski definition) is 2. The van der Waals surface area contributed by atoms with Gasteiger partial charge in [0, 0.05) is 29.2 Å². The van der Waals surface area contributed by atoms with E-state index in [4.69, 9.17) is 11.6 Å². The van der Waals surface area contributed by atoms with Crippen molar-refractivity contribution in [1.29, 1.82) is 0 Å². The Hall–Kier alpha value is -2.59. The maximum Gasteiger partial charge on any atom is 0.257 e. The molecular formula is C19H17ClN2O2. The lowest BCUT2D eigenvalue weighted by Gasteiger charge is -2.05. The second kappa shape index (κ2) is 6.49. The van der Waals surface area contributed by atoms with E-state index in [2.05, 4.69) is 12.2 Å². The number of benzene rings is 2. The van der Waals surface area contributed by atoms with Crippen LogP contribution >= 0.6 is 11.6 Å². The third-order valence-electron chi connectivity index (χ3n) is 3.97. The van der Waals surface area contributed by atoms with Crippen molar-refractivity contribution in [1.82, 2.24) is 4.57 Å². The molecule has 1 aromatic heterocycles. The Morgan fingerprint density at radius 1 is 1.12 bits per heavy atom. The maximum absolute atomic E-state index is 12.6. The Labute approximate surface area is 145 Å². The summed E-state index contributed by atoms with van der Waals surface area (Å²) in [5.41, 5.74) is 2.99. The predicted molar refractivity (Wildman–Crippen MR) is 97.0 cm³/mol. The summed E-state index contributed by atoms with van der Waals surface area (Å²) in [5, 5.41) is 4.08. The minimum Gasteiger partial charge on any atom is -0.322 e. The van der Waals surface area contributed by atoms with Crippen LogP contribution in [0.25, 0.3) is 10.9 Å². The molecule has 122 valence electrons. The van der Waals surface area contributed by atoms with Gasteiger partial charge in [-0.1, -0.05) is 36.7 Å². The summed E-state index contributed by atoms with van der Waals surface area (Å²) < 4.78 is 1.44. The number of amides is 1. The van der Waals surface area contributed by atoms with Crippen LogP contribution in [0.4, 0.5) is 5.69 Å². The number of fused-ring (bicyclic) bond motifs is 1. The first-order valence-corrected chi connectivity index (χ1v) is 8.09. The van der Waals surface area contributed by atoms with Crippen molar-refractivity contribution in [3.8, 4) is 0 Å². The zero-order valence-corrected chi connectivity index (χ0v) is 14.2. The Morgan fingerprint density at radius 3 is 2.46 bits per heavy atom. The number of carbonyl (C=O) groups is 2. The lowest BCUT2D eigenvalue weighted by molar-refractivity contribution is 0.0941. The first kappa shape index (κ1) is 16.3. The third-order valence-corrected chi connectivity index (χ3v) is 4.21. The molecule has 0 bridgehead atoms. The highest BCUT2D eigenvalue weighted by atomic mass is 35.5. The molecular weight excluding hydrogens is 324 g/mol. The quantitative estimate of drug-likeness (QED) is 0.746. The van der Waals surface area contributed by atoms with Crippen molar-refractivity contribution < 1.29 is 9.59 Å². The molecule has 24 heavy (non-hydrogen) atoms. The Balaban J connectivity index is 1.98. The van der Waals surface area contributed by atoms with Crippen LogP contribution in [-0.4, -0.2) is 16.4 Å². The number of anilines is 1. The van der Waals surface area contributed by atoms with Gasteiger partial charge < -0.3 is 5.32 Å². The van der Waals surface area contributed by atoms with E-state index in [1.807, 2.05) is 24.3 Å². The van der Waals surface area contributed by atoms with Gasteiger partial charge in [0.1, 0.15) is 0 Å². The molecule has 0 atom stereocenters. The number of nitrogens with one attached hydrogen (secondary N) is 1. The van der Waals surface area contributed by atoms with Gasteiger partial charge in [0.2, 0.25) is 5.91 Å². The smallest absolute Gasteiger partial charge is 0.257 e. The average Bonchev–Trinajstić information content (AvgIpc) is 2.94. The summed E-state index contributed by atoms with van der Waals surface area (Å²) in [5.74, 6) is -0.430. The average molecular weight is 341 g/mol. The van der Waals surface area contributed by atoms with E-state index in [9.17, 15) is 9.59 Å². The van der Waals surface area contributed by atoms with E-state index in [0.29, 0.717) is 21.5 Å². The van der Waals surface area contributed by atoms with E-state index in [-0.39, 0.29) is 11.8 Å². The van der Waals surface area contributed by atoms with Gasteiger partial charge in [0.05, 0.1) is 11.1 Å². The second-order valence-corrected chi connectivity index (χ2v) is 6.03. The summed E-state index contributed by atoms with van der Waals surface area (Å²) in [6.45, 7) is 3.53. The third kappa shape index (κ3) is 3.05. The molecule has 4 nitrogen and oxygen atoms in total. The number of aryl methyl sites for hydroxylation is 1. The highest BCUT2D eigenvalue weighted by molar-refractivity contribution is 6.31. The fourth-order valence-electron chi connectivity index (χ4n) is 2.66. The van der Waals surface area contributed by atoms with E-state index < -0.39 is 0 Å². The van der Waals surface area contributed by atoms with Crippen LogP contribution in [-0.2, 0) is 6.42 Å². The Kier molecular flexibility index (Phi) is 4.40. The molecule has 0 saturated carbocycles. The van der Waals surface area contributed by atoms with Gasteiger partial charge in [0.25, 0.3) is 5.91 Å².